The van der Waals surface area contributed by atoms with Crippen molar-refractivity contribution in [2.24, 2.45) is 4.99 Å². The molecule has 0 bridgehead atoms. The smallest absolute Gasteiger partial charge is 0.475 e. The molecular formula is C23H22BrF3N8O4. The zero-order chi connectivity index (χ0) is 28.2. The second-order valence-electron chi connectivity index (χ2n) is 8.42. The first kappa shape index (κ1) is 28.1. The topological polar surface area (TPSA) is 154 Å². The largest absolute Gasteiger partial charge is 0.490 e. The maximum Gasteiger partial charge on any atom is 0.490 e. The fourth-order valence-electron chi connectivity index (χ4n) is 3.82. The van der Waals surface area contributed by atoms with Crippen molar-refractivity contribution in [3.63, 3.8) is 0 Å². The van der Waals surface area contributed by atoms with E-state index in [0.29, 0.717) is 59.7 Å². The van der Waals surface area contributed by atoms with E-state index in [9.17, 15) is 18.0 Å². The number of rotatable bonds is 8. The lowest BCUT2D eigenvalue weighted by Gasteiger charge is -2.12. The second-order valence-corrected chi connectivity index (χ2v) is 9.33. The summed E-state index contributed by atoms with van der Waals surface area (Å²) < 4.78 is 41.4. The third kappa shape index (κ3) is 6.38. The Labute approximate surface area is 226 Å². The van der Waals surface area contributed by atoms with Gasteiger partial charge in [0.15, 0.2) is 5.82 Å². The molecule has 0 atom stereocenters. The minimum absolute atomic E-state index is 0.123. The van der Waals surface area contributed by atoms with Crippen molar-refractivity contribution in [1.82, 2.24) is 34.3 Å². The van der Waals surface area contributed by atoms with E-state index < -0.39 is 12.1 Å². The lowest BCUT2D eigenvalue weighted by atomic mass is 10.2. The van der Waals surface area contributed by atoms with E-state index in [4.69, 9.17) is 14.4 Å². The fraction of sp³-hybridized carbons (Fsp3) is 0.391. The second kappa shape index (κ2) is 11.8. The van der Waals surface area contributed by atoms with Gasteiger partial charge < -0.3 is 9.63 Å². The van der Waals surface area contributed by atoms with Crippen LogP contribution in [-0.2, 0) is 30.6 Å². The van der Waals surface area contributed by atoms with Crippen LogP contribution in [0.3, 0.4) is 0 Å². The van der Waals surface area contributed by atoms with Crippen LogP contribution in [0.1, 0.15) is 43.4 Å². The number of hydrogen-bond acceptors (Lipinski definition) is 9. The number of halogens is 4. The molecule has 16 heteroatoms. The van der Waals surface area contributed by atoms with Crippen LogP contribution in [0.5, 0.6) is 0 Å². The van der Waals surface area contributed by atoms with Gasteiger partial charge in [0.2, 0.25) is 5.78 Å². The third-order valence-electron chi connectivity index (χ3n) is 5.64. The Morgan fingerprint density at radius 1 is 1.21 bits per heavy atom. The summed E-state index contributed by atoms with van der Waals surface area (Å²) in [6.45, 7) is 2.90. The summed E-state index contributed by atoms with van der Waals surface area (Å²) in [6.07, 6.45) is 1.17. The molecule has 5 heterocycles. The van der Waals surface area contributed by atoms with E-state index in [1.165, 1.54) is 0 Å². The highest BCUT2D eigenvalue weighted by atomic mass is 79.9. The van der Waals surface area contributed by atoms with Crippen LogP contribution in [0.2, 0.25) is 0 Å². The molecule has 4 aromatic heterocycles. The molecule has 1 aliphatic heterocycles. The number of hydrogen-bond donors (Lipinski definition) is 1. The first-order chi connectivity index (χ1) is 18.6. The number of carbonyl (C=O) groups is 1. The van der Waals surface area contributed by atoms with E-state index in [0.717, 1.165) is 30.4 Å². The number of alkyl halides is 3. The van der Waals surface area contributed by atoms with Crippen molar-refractivity contribution < 1.29 is 27.6 Å². The molecule has 0 saturated heterocycles. The van der Waals surface area contributed by atoms with E-state index in [1.807, 2.05) is 22.8 Å². The molecule has 0 aromatic carbocycles. The number of nitrogens with zero attached hydrogens (tertiary/aromatic N) is 8. The van der Waals surface area contributed by atoms with Gasteiger partial charge in [-0.15, -0.1) is 10.2 Å². The molecule has 0 unspecified atom stereocenters. The Bertz CT molecular complexity index is 1560. The number of carboxylic acid groups (broad SMARTS) is 1. The van der Waals surface area contributed by atoms with Gasteiger partial charge in [-0.1, -0.05) is 31.0 Å². The molecule has 1 aliphatic rings. The van der Waals surface area contributed by atoms with Gasteiger partial charge in [-0.25, -0.2) is 14.2 Å². The first-order valence-corrected chi connectivity index (χ1v) is 12.7. The summed E-state index contributed by atoms with van der Waals surface area (Å²) in [4.78, 5) is 35.3. The predicted molar refractivity (Wildman–Crippen MR) is 135 cm³/mol. The average Bonchev–Trinajstić information content (AvgIpc) is 3.64. The Kier molecular flexibility index (Phi) is 8.52. The molecule has 0 radical (unpaired) electrons. The van der Waals surface area contributed by atoms with Crippen molar-refractivity contribution in [1.29, 1.82) is 0 Å². The number of aliphatic carboxylic acids is 1. The molecule has 0 aliphatic carbocycles. The fourth-order valence-corrected chi connectivity index (χ4v) is 4.27. The summed E-state index contributed by atoms with van der Waals surface area (Å²) in [5.74, 6) is -0.0878. The van der Waals surface area contributed by atoms with Crippen molar-refractivity contribution in [2.75, 3.05) is 0 Å². The number of aryl methyl sites for hydroxylation is 3. The standard InChI is InChI=1S/C21H21BrN8O2.C2HF3O2/c1-2-3-6-11-29-18-13(12-15(22)24-18)20(31)30-17(26-27-21(29)30)9-8-16-25-19(32-28-16)14-7-4-5-10-23-14;3-2(4,5)1(6)7/h4-5,7,10H,2-3,6,8-9,11-12H2,1H3;(H,6,7). The monoisotopic (exact) mass is 610 g/mol. The van der Waals surface area contributed by atoms with Gasteiger partial charge in [0, 0.05) is 32.0 Å². The van der Waals surface area contributed by atoms with Crippen molar-refractivity contribution in [2.45, 2.75) is 58.2 Å². The Morgan fingerprint density at radius 3 is 2.64 bits per heavy atom. The molecule has 1 N–H and O–H groups in total. The minimum atomic E-state index is -5.08. The molecule has 0 spiro atoms. The van der Waals surface area contributed by atoms with Crippen LogP contribution in [-0.4, -0.2) is 56.2 Å². The van der Waals surface area contributed by atoms with Crippen LogP contribution >= 0.6 is 15.9 Å². The summed E-state index contributed by atoms with van der Waals surface area (Å²) in [6, 6.07) is 5.50. The Hall–Kier alpha value is -3.95. The maximum absolute atomic E-state index is 13.2. The highest BCUT2D eigenvalue weighted by Gasteiger charge is 2.38. The SMILES string of the molecule is CCCCCn1c2c(c(=O)n3c(CCc4noc(-c5ccccn5)n4)nnc13)CC(Br)=N2.O=C(O)C(F)(F)F. The van der Waals surface area contributed by atoms with Gasteiger partial charge in [0.25, 0.3) is 11.4 Å². The number of pyridine rings is 1. The van der Waals surface area contributed by atoms with Gasteiger partial charge >= 0.3 is 12.1 Å². The molecule has 0 amide bonds. The number of aromatic nitrogens is 7. The van der Waals surface area contributed by atoms with Gasteiger partial charge in [-0.2, -0.15) is 18.2 Å². The Morgan fingerprint density at radius 2 is 1.97 bits per heavy atom. The zero-order valence-corrected chi connectivity index (χ0v) is 22.1. The van der Waals surface area contributed by atoms with Gasteiger partial charge in [-0.3, -0.25) is 14.3 Å². The van der Waals surface area contributed by atoms with E-state index in [-0.39, 0.29) is 5.56 Å². The summed E-state index contributed by atoms with van der Waals surface area (Å²) >= 11 is 3.45. The first-order valence-electron chi connectivity index (χ1n) is 11.9. The number of carboxylic acids is 1. The van der Waals surface area contributed by atoms with Crippen LogP contribution in [0.25, 0.3) is 17.4 Å². The van der Waals surface area contributed by atoms with Crippen LogP contribution in [0.4, 0.5) is 19.0 Å². The molecule has 0 fully saturated rings. The lowest BCUT2D eigenvalue weighted by molar-refractivity contribution is -0.192. The van der Waals surface area contributed by atoms with Gasteiger partial charge in [-0.05, 0) is 34.5 Å². The molecular weight excluding hydrogens is 589 g/mol. The maximum atomic E-state index is 13.2. The minimum Gasteiger partial charge on any atom is -0.475 e. The van der Waals surface area contributed by atoms with Gasteiger partial charge in [0.05, 0.1) is 10.2 Å². The van der Waals surface area contributed by atoms with Gasteiger partial charge in [0.1, 0.15) is 17.3 Å². The highest BCUT2D eigenvalue weighted by molar-refractivity contribution is 9.18. The number of fused-ring (bicyclic) bond motifs is 2. The summed E-state index contributed by atoms with van der Waals surface area (Å²) in [5.41, 5.74) is 1.16. The van der Waals surface area contributed by atoms with Crippen LogP contribution in [0.15, 0.2) is 38.7 Å². The third-order valence-corrected chi connectivity index (χ3v) is 6.10. The van der Waals surface area contributed by atoms with Crippen LogP contribution < -0.4 is 5.56 Å². The molecule has 12 nitrogen and oxygen atoms in total. The molecule has 0 saturated carbocycles. The summed E-state index contributed by atoms with van der Waals surface area (Å²) in [7, 11) is 0. The summed E-state index contributed by atoms with van der Waals surface area (Å²) in [5, 5.41) is 19.8. The quantitative estimate of drug-likeness (QED) is 0.292. The normalized spacial score (nSPS) is 12.7. The predicted octanol–water partition coefficient (Wildman–Crippen LogP) is 3.93. The van der Waals surface area contributed by atoms with E-state index in [1.54, 1.807) is 10.6 Å². The Balaban J connectivity index is 0.000000448. The molecule has 4 aromatic rings. The lowest BCUT2D eigenvalue weighted by Crippen LogP contribution is -2.24. The average molecular weight is 611 g/mol. The van der Waals surface area contributed by atoms with Crippen molar-refractivity contribution >= 4 is 38.1 Å². The van der Waals surface area contributed by atoms with E-state index in [2.05, 4.69) is 53.2 Å². The highest BCUT2D eigenvalue weighted by Crippen LogP contribution is 2.28. The zero-order valence-electron chi connectivity index (χ0n) is 20.5. The molecule has 39 heavy (non-hydrogen) atoms. The van der Waals surface area contributed by atoms with Crippen molar-refractivity contribution in [3.05, 3.63) is 52.0 Å². The van der Waals surface area contributed by atoms with Crippen molar-refractivity contribution in [3.8, 4) is 11.6 Å². The van der Waals surface area contributed by atoms with E-state index >= 15 is 0 Å². The number of unbranched alkanes of at least 4 members (excludes halogenated alkanes) is 2. The van der Waals surface area contributed by atoms with Crippen LogP contribution in [0, 0.1) is 0 Å². The molecule has 206 valence electrons. The molecule has 5 rings (SSSR count). The number of aliphatic imine (C=N–C) groups is 1.